The smallest absolute Gasteiger partial charge is 0.224 e. The highest BCUT2D eigenvalue weighted by Crippen LogP contribution is 2.26. The largest absolute Gasteiger partial charge is 0.392 e. The summed E-state index contributed by atoms with van der Waals surface area (Å²) in [5.74, 6) is 1.18. The van der Waals surface area contributed by atoms with Gasteiger partial charge in [-0.2, -0.15) is 4.98 Å². The summed E-state index contributed by atoms with van der Waals surface area (Å²) in [6.45, 7) is 1.32. The Morgan fingerprint density at radius 2 is 2.10 bits per heavy atom. The average molecular weight is 352 g/mol. The number of benzene rings is 1. The van der Waals surface area contributed by atoms with Crippen LogP contribution in [0.3, 0.4) is 0 Å². The van der Waals surface area contributed by atoms with E-state index in [0.29, 0.717) is 18.3 Å². The molecule has 0 amide bonds. The third kappa shape index (κ3) is 4.38. The average Bonchev–Trinajstić information content (AvgIpc) is 2.51. The van der Waals surface area contributed by atoms with Crippen LogP contribution in [-0.2, 0) is 6.61 Å². The molecule has 0 aliphatic heterocycles. The van der Waals surface area contributed by atoms with E-state index in [-0.39, 0.29) is 6.61 Å². The van der Waals surface area contributed by atoms with Gasteiger partial charge in [0.2, 0.25) is 5.95 Å². The summed E-state index contributed by atoms with van der Waals surface area (Å²) < 4.78 is 0.750. The SMILES string of the molecule is NCCCNc1ncc(Br)c(Nc2ccccc2CO)n1. The van der Waals surface area contributed by atoms with E-state index in [1.165, 1.54) is 0 Å². The van der Waals surface area contributed by atoms with Crippen molar-refractivity contribution in [2.24, 2.45) is 5.73 Å². The van der Waals surface area contributed by atoms with Gasteiger partial charge in [0.1, 0.15) is 5.82 Å². The standard InChI is InChI=1S/C14H18BrN5O/c15-11-8-18-14(17-7-3-6-16)20-13(11)19-12-5-2-1-4-10(12)9-21/h1-2,4-5,8,21H,3,6-7,9,16H2,(H2,17,18,19,20). The lowest BCUT2D eigenvalue weighted by Crippen LogP contribution is -2.11. The van der Waals surface area contributed by atoms with Crippen LogP contribution in [0.15, 0.2) is 34.9 Å². The van der Waals surface area contributed by atoms with Crippen LogP contribution in [0.4, 0.5) is 17.5 Å². The highest BCUT2D eigenvalue weighted by atomic mass is 79.9. The third-order valence-corrected chi connectivity index (χ3v) is 3.43. The lowest BCUT2D eigenvalue weighted by molar-refractivity contribution is 0.282. The number of aliphatic hydroxyl groups is 1. The number of hydrogen-bond acceptors (Lipinski definition) is 6. The molecule has 0 fully saturated rings. The zero-order chi connectivity index (χ0) is 15.1. The number of nitrogens with two attached hydrogens (primary N) is 1. The molecule has 7 heteroatoms. The van der Waals surface area contributed by atoms with E-state index in [2.05, 4.69) is 36.5 Å². The monoisotopic (exact) mass is 351 g/mol. The van der Waals surface area contributed by atoms with Crippen molar-refractivity contribution < 1.29 is 5.11 Å². The topological polar surface area (TPSA) is 96.1 Å². The maximum absolute atomic E-state index is 9.35. The van der Waals surface area contributed by atoms with E-state index in [4.69, 9.17) is 5.73 Å². The summed E-state index contributed by atoms with van der Waals surface area (Å²) >= 11 is 3.42. The van der Waals surface area contributed by atoms with E-state index in [0.717, 1.165) is 28.7 Å². The third-order valence-electron chi connectivity index (χ3n) is 2.85. The van der Waals surface area contributed by atoms with Gasteiger partial charge < -0.3 is 21.5 Å². The second-order valence-corrected chi connectivity index (χ2v) is 5.25. The van der Waals surface area contributed by atoms with Gasteiger partial charge in [-0.3, -0.25) is 0 Å². The molecular formula is C14H18BrN5O. The van der Waals surface area contributed by atoms with Crippen LogP contribution < -0.4 is 16.4 Å². The van der Waals surface area contributed by atoms with E-state index in [9.17, 15) is 5.11 Å². The molecule has 1 heterocycles. The van der Waals surface area contributed by atoms with Crippen molar-refractivity contribution in [1.82, 2.24) is 9.97 Å². The molecule has 0 saturated heterocycles. The molecule has 21 heavy (non-hydrogen) atoms. The van der Waals surface area contributed by atoms with Gasteiger partial charge in [-0.25, -0.2) is 4.98 Å². The number of hydrogen-bond donors (Lipinski definition) is 4. The van der Waals surface area contributed by atoms with Crippen LogP contribution in [0, 0.1) is 0 Å². The quantitative estimate of drug-likeness (QED) is 0.571. The van der Waals surface area contributed by atoms with Gasteiger partial charge in [0.25, 0.3) is 0 Å². The maximum Gasteiger partial charge on any atom is 0.224 e. The molecule has 1 aromatic heterocycles. The number of aliphatic hydroxyl groups excluding tert-OH is 1. The number of anilines is 3. The minimum atomic E-state index is -0.0342. The van der Waals surface area contributed by atoms with Gasteiger partial charge >= 0.3 is 0 Å². The number of para-hydroxylation sites is 1. The molecule has 0 spiro atoms. The summed E-state index contributed by atoms with van der Waals surface area (Å²) in [4.78, 5) is 8.61. The molecule has 0 saturated carbocycles. The Bertz CT molecular complexity index is 593. The van der Waals surface area contributed by atoms with Crippen LogP contribution in [0.2, 0.25) is 0 Å². The summed E-state index contributed by atoms with van der Waals surface area (Å²) in [7, 11) is 0. The fourth-order valence-electron chi connectivity index (χ4n) is 1.75. The number of halogens is 1. The number of rotatable bonds is 7. The first-order valence-electron chi connectivity index (χ1n) is 6.67. The predicted molar refractivity (Wildman–Crippen MR) is 87.5 cm³/mol. The molecule has 2 aromatic rings. The molecule has 0 aliphatic carbocycles. The Balaban J connectivity index is 2.16. The molecular weight excluding hydrogens is 334 g/mol. The lowest BCUT2D eigenvalue weighted by atomic mass is 10.2. The van der Waals surface area contributed by atoms with Crippen LogP contribution in [0.25, 0.3) is 0 Å². The van der Waals surface area contributed by atoms with Gasteiger partial charge in [0, 0.05) is 24.0 Å². The fraction of sp³-hybridized carbons (Fsp3) is 0.286. The minimum Gasteiger partial charge on any atom is -0.392 e. The molecule has 0 unspecified atom stereocenters. The van der Waals surface area contributed by atoms with Gasteiger partial charge in [-0.05, 0) is 35.0 Å². The van der Waals surface area contributed by atoms with Gasteiger partial charge in [-0.15, -0.1) is 0 Å². The minimum absolute atomic E-state index is 0.0342. The second kappa shape index (κ2) is 7.92. The Morgan fingerprint density at radius 3 is 2.86 bits per heavy atom. The predicted octanol–water partition coefficient (Wildman–Crippen LogP) is 2.24. The first kappa shape index (κ1) is 15.7. The Labute approximate surface area is 131 Å². The number of nitrogens with zero attached hydrogens (tertiary/aromatic N) is 2. The first-order chi connectivity index (χ1) is 10.2. The molecule has 1 aromatic carbocycles. The maximum atomic E-state index is 9.35. The number of nitrogens with one attached hydrogen (secondary N) is 2. The molecule has 0 radical (unpaired) electrons. The molecule has 5 N–H and O–H groups in total. The van der Waals surface area contributed by atoms with Crippen molar-refractivity contribution in [3.63, 3.8) is 0 Å². The molecule has 0 bridgehead atoms. The highest BCUT2D eigenvalue weighted by molar-refractivity contribution is 9.10. The van der Waals surface area contributed by atoms with Crippen LogP contribution in [0.5, 0.6) is 0 Å². The number of aromatic nitrogens is 2. The fourth-order valence-corrected chi connectivity index (χ4v) is 2.04. The van der Waals surface area contributed by atoms with E-state index < -0.39 is 0 Å². The normalized spacial score (nSPS) is 10.4. The summed E-state index contributed by atoms with van der Waals surface area (Å²) in [5.41, 5.74) is 7.07. The summed E-state index contributed by atoms with van der Waals surface area (Å²) in [6.07, 6.45) is 2.54. The Hall–Kier alpha value is -1.70. The second-order valence-electron chi connectivity index (χ2n) is 4.40. The molecule has 0 atom stereocenters. The summed E-state index contributed by atoms with van der Waals surface area (Å²) in [5, 5.41) is 15.7. The zero-order valence-electron chi connectivity index (χ0n) is 11.5. The van der Waals surface area contributed by atoms with Crippen LogP contribution in [0.1, 0.15) is 12.0 Å². The van der Waals surface area contributed by atoms with Crippen LogP contribution >= 0.6 is 15.9 Å². The van der Waals surface area contributed by atoms with Crippen molar-refractivity contribution in [2.75, 3.05) is 23.7 Å². The van der Waals surface area contributed by atoms with E-state index in [1.807, 2.05) is 24.3 Å². The summed E-state index contributed by atoms with van der Waals surface area (Å²) in [6, 6.07) is 7.53. The van der Waals surface area contributed by atoms with Crippen molar-refractivity contribution in [2.45, 2.75) is 13.0 Å². The van der Waals surface area contributed by atoms with Gasteiger partial charge in [0.15, 0.2) is 0 Å². The molecule has 0 aliphatic rings. The Kier molecular flexibility index (Phi) is 5.91. The molecule has 2 rings (SSSR count). The molecule has 112 valence electrons. The lowest BCUT2D eigenvalue weighted by Gasteiger charge is -2.12. The Morgan fingerprint density at radius 1 is 1.29 bits per heavy atom. The van der Waals surface area contributed by atoms with Crippen molar-refractivity contribution in [1.29, 1.82) is 0 Å². The zero-order valence-corrected chi connectivity index (χ0v) is 13.1. The van der Waals surface area contributed by atoms with Crippen molar-refractivity contribution in [3.05, 3.63) is 40.5 Å². The van der Waals surface area contributed by atoms with Crippen molar-refractivity contribution >= 4 is 33.4 Å². The van der Waals surface area contributed by atoms with Crippen LogP contribution in [-0.4, -0.2) is 28.2 Å². The van der Waals surface area contributed by atoms with E-state index >= 15 is 0 Å². The van der Waals surface area contributed by atoms with Gasteiger partial charge in [0.05, 0.1) is 11.1 Å². The van der Waals surface area contributed by atoms with Gasteiger partial charge in [-0.1, -0.05) is 18.2 Å². The van der Waals surface area contributed by atoms with Crippen molar-refractivity contribution in [3.8, 4) is 0 Å². The van der Waals surface area contributed by atoms with E-state index in [1.54, 1.807) is 6.20 Å². The first-order valence-corrected chi connectivity index (χ1v) is 7.46. The highest BCUT2D eigenvalue weighted by Gasteiger charge is 2.07. The molecule has 6 nitrogen and oxygen atoms in total.